The second kappa shape index (κ2) is 5.78. The topological polar surface area (TPSA) is 118 Å². The highest BCUT2D eigenvalue weighted by molar-refractivity contribution is 9.11. The molecule has 0 aliphatic rings. The summed E-state index contributed by atoms with van der Waals surface area (Å²) in [5.41, 5.74) is 5.43. The van der Waals surface area contributed by atoms with Gasteiger partial charge in [-0.05, 0) is 41.1 Å². The quantitative estimate of drug-likeness (QED) is 0.678. The monoisotopic (exact) mass is 436 g/mol. The Hall–Kier alpha value is -1.39. The van der Waals surface area contributed by atoms with E-state index in [4.69, 9.17) is 5.73 Å². The molecule has 1 aromatic carbocycles. The molecule has 2 rings (SSSR count). The number of hydrogen-bond acceptors (Lipinski definition) is 4. The Morgan fingerprint density at radius 3 is 2.67 bits per heavy atom. The van der Waals surface area contributed by atoms with Crippen molar-refractivity contribution in [1.82, 2.24) is 10.2 Å². The zero-order chi connectivity index (χ0) is 15.8. The van der Waals surface area contributed by atoms with Crippen LogP contribution in [-0.2, 0) is 10.0 Å². The number of aromatic nitrogens is 2. The molecule has 1 heterocycles. The highest BCUT2D eigenvalue weighted by atomic mass is 79.9. The maximum atomic E-state index is 12.4. The summed E-state index contributed by atoms with van der Waals surface area (Å²) in [5, 5.41) is 6.21. The van der Waals surface area contributed by atoms with Gasteiger partial charge >= 0.3 is 0 Å². The molecule has 0 aliphatic carbocycles. The first kappa shape index (κ1) is 16.0. The maximum absolute atomic E-state index is 12.4. The van der Waals surface area contributed by atoms with Gasteiger partial charge < -0.3 is 5.73 Å². The highest BCUT2D eigenvalue weighted by Crippen LogP contribution is 2.28. The zero-order valence-corrected chi connectivity index (χ0v) is 14.6. The molecule has 0 fully saturated rings. The first-order valence-corrected chi connectivity index (χ1v) is 8.62. The molecular weight excluding hydrogens is 428 g/mol. The number of halogens is 2. The van der Waals surface area contributed by atoms with Gasteiger partial charge in [-0.2, -0.15) is 5.10 Å². The number of nitrogens with zero attached hydrogens (tertiary/aromatic N) is 1. The summed E-state index contributed by atoms with van der Waals surface area (Å²) in [6.45, 7) is 1.58. The highest BCUT2D eigenvalue weighted by Gasteiger charge is 2.23. The van der Waals surface area contributed by atoms with Crippen molar-refractivity contribution in [3.63, 3.8) is 0 Å². The molecule has 0 saturated heterocycles. The van der Waals surface area contributed by atoms with Crippen LogP contribution in [0.25, 0.3) is 0 Å². The Labute approximate surface area is 137 Å². The number of sulfonamides is 1. The number of benzene rings is 1. The van der Waals surface area contributed by atoms with E-state index in [1.807, 2.05) is 0 Å². The van der Waals surface area contributed by atoms with Gasteiger partial charge in [0.05, 0.1) is 5.69 Å². The van der Waals surface area contributed by atoms with Gasteiger partial charge in [0.2, 0.25) is 0 Å². The molecule has 1 amide bonds. The molecule has 7 nitrogen and oxygen atoms in total. The van der Waals surface area contributed by atoms with E-state index < -0.39 is 15.9 Å². The lowest BCUT2D eigenvalue weighted by molar-refractivity contribution is 0.0996. The fourth-order valence-electron chi connectivity index (χ4n) is 1.60. The van der Waals surface area contributed by atoms with Crippen molar-refractivity contribution in [3.05, 3.63) is 38.5 Å². The van der Waals surface area contributed by atoms with Crippen molar-refractivity contribution in [2.75, 3.05) is 4.72 Å². The molecule has 112 valence electrons. The van der Waals surface area contributed by atoms with E-state index in [-0.39, 0.29) is 16.3 Å². The fourth-order valence-corrected chi connectivity index (χ4v) is 4.24. The lowest BCUT2D eigenvalue weighted by atomic mass is 10.3. The largest absolute Gasteiger partial charge is 0.364 e. The number of aryl methyl sites for hydroxylation is 1. The first-order valence-electron chi connectivity index (χ1n) is 5.55. The minimum atomic E-state index is -3.91. The van der Waals surface area contributed by atoms with E-state index in [0.717, 1.165) is 0 Å². The summed E-state index contributed by atoms with van der Waals surface area (Å²) in [7, 11) is -3.91. The molecule has 2 aromatic rings. The average Bonchev–Trinajstić information content (AvgIpc) is 2.73. The third-order valence-electron chi connectivity index (χ3n) is 2.60. The third-order valence-corrected chi connectivity index (χ3v) is 5.44. The number of hydrogen-bond donors (Lipinski definition) is 3. The van der Waals surface area contributed by atoms with Gasteiger partial charge in [-0.3, -0.25) is 14.6 Å². The van der Waals surface area contributed by atoms with Crippen molar-refractivity contribution in [2.24, 2.45) is 5.73 Å². The normalized spacial score (nSPS) is 11.4. The lowest BCUT2D eigenvalue weighted by Gasteiger charge is -2.10. The molecule has 0 bridgehead atoms. The minimum Gasteiger partial charge on any atom is -0.364 e. The van der Waals surface area contributed by atoms with Crippen molar-refractivity contribution >= 4 is 53.5 Å². The summed E-state index contributed by atoms with van der Waals surface area (Å²) in [4.78, 5) is 11.3. The summed E-state index contributed by atoms with van der Waals surface area (Å²) >= 11 is 6.39. The number of anilines is 1. The van der Waals surface area contributed by atoms with Crippen LogP contribution in [0.4, 0.5) is 5.69 Å². The zero-order valence-electron chi connectivity index (χ0n) is 10.6. The summed E-state index contributed by atoms with van der Waals surface area (Å²) in [5.74, 6) is -0.828. The standard InChI is InChI=1S/C11H10Br2N4O3S/c1-5-9(10(11(14)18)16-15-5)17-21(19,20)8-4-6(12)2-3-7(8)13/h2-4,17H,1H3,(H2,14,18)(H,15,16). The third kappa shape index (κ3) is 3.27. The Kier molecular flexibility index (Phi) is 4.40. The summed E-state index contributed by atoms with van der Waals surface area (Å²) in [6, 6.07) is 4.72. The molecular formula is C11H10Br2N4O3S. The fraction of sp³-hybridized carbons (Fsp3) is 0.0909. The van der Waals surface area contributed by atoms with Crippen LogP contribution in [0.2, 0.25) is 0 Å². The number of carbonyl (C=O) groups excluding carboxylic acids is 1. The van der Waals surface area contributed by atoms with Crippen LogP contribution in [0.15, 0.2) is 32.0 Å². The molecule has 4 N–H and O–H groups in total. The molecule has 1 aromatic heterocycles. The number of nitrogens with one attached hydrogen (secondary N) is 2. The Balaban J connectivity index is 2.50. The van der Waals surface area contributed by atoms with Gasteiger partial charge in [0.25, 0.3) is 15.9 Å². The van der Waals surface area contributed by atoms with Crippen LogP contribution < -0.4 is 10.5 Å². The molecule has 0 atom stereocenters. The SMILES string of the molecule is Cc1[nH]nc(C(N)=O)c1NS(=O)(=O)c1cc(Br)ccc1Br. The molecule has 0 radical (unpaired) electrons. The molecule has 21 heavy (non-hydrogen) atoms. The number of primary amides is 1. The van der Waals surface area contributed by atoms with Gasteiger partial charge in [-0.15, -0.1) is 0 Å². The van der Waals surface area contributed by atoms with E-state index in [2.05, 4.69) is 46.8 Å². The number of amides is 1. The van der Waals surface area contributed by atoms with E-state index in [9.17, 15) is 13.2 Å². The average molecular weight is 438 g/mol. The van der Waals surface area contributed by atoms with Crippen LogP contribution in [0, 0.1) is 6.92 Å². The van der Waals surface area contributed by atoms with Crippen molar-refractivity contribution in [1.29, 1.82) is 0 Å². The van der Waals surface area contributed by atoms with Gasteiger partial charge in [0.1, 0.15) is 10.6 Å². The van der Waals surface area contributed by atoms with Crippen LogP contribution in [-0.4, -0.2) is 24.5 Å². The smallest absolute Gasteiger partial charge is 0.271 e. The number of aromatic amines is 1. The maximum Gasteiger partial charge on any atom is 0.271 e. The van der Waals surface area contributed by atoms with Crippen LogP contribution in [0.1, 0.15) is 16.2 Å². The van der Waals surface area contributed by atoms with Crippen LogP contribution >= 0.6 is 31.9 Å². The van der Waals surface area contributed by atoms with Gasteiger partial charge in [0.15, 0.2) is 5.69 Å². The Bertz CT molecular complexity index is 817. The molecule has 0 spiro atoms. The van der Waals surface area contributed by atoms with E-state index in [1.165, 1.54) is 6.07 Å². The predicted octanol–water partition coefficient (Wildman–Crippen LogP) is 2.14. The van der Waals surface area contributed by atoms with Gasteiger partial charge in [-0.25, -0.2) is 8.42 Å². The predicted molar refractivity (Wildman–Crippen MR) is 84.5 cm³/mol. The molecule has 0 saturated carbocycles. The van der Waals surface area contributed by atoms with E-state index in [1.54, 1.807) is 19.1 Å². The second-order valence-corrected chi connectivity index (χ2v) is 7.54. The Morgan fingerprint density at radius 2 is 2.05 bits per heavy atom. The molecule has 0 aliphatic heterocycles. The first-order chi connectivity index (χ1) is 9.72. The van der Waals surface area contributed by atoms with Gasteiger partial charge in [-0.1, -0.05) is 15.9 Å². The Morgan fingerprint density at radius 1 is 1.38 bits per heavy atom. The summed E-state index contributed by atoms with van der Waals surface area (Å²) < 4.78 is 28.2. The summed E-state index contributed by atoms with van der Waals surface area (Å²) in [6.07, 6.45) is 0. The van der Waals surface area contributed by atoms with Crippen molar-refractivity contribution in [2.45, 2.75) is 11.8 Å². The lowest BCUT2D eigenvalue weighted by Crippen LogP contribution is -2.19. The molecule has 0 unspecified atom stereocenters. The van der Waals surface area contributed by atoms with E-state index in [0.29, 0.717) is 14.6 Å². The van der Waals surface area contributed by atoms with E-state index >= 15 is 0 Å². The number of H-pyrrole nitrogens is 1. The second-order valence-electron chi connectivity index (χ2n) is 4.12. The number of rotatable bonds is 4. The minimum absolute atomic E-state index is 0.0212. The van der Waals surface area contributed by atoms with Gasteiger partial charge in [0, 0.05) is 8.95 Å². The van der Waals surface area contributed by atoms with Crippen molar-refractivity contribution < 1.29 is 13.2 Å². The molecule has 10 heteroatoms. The number of carbonyl (C=O) groups is 1. The van der Waals surface area contributed by atoms with Crippen LogP contribution in [0.3, 0.4) is 0 Å². The van der Waals surface area contributed by atoms with Crippen LogP contribution in [0.5, 0.6) is 0 Å². The number of nitrogens with two attached hydrogens (primary N) is 1. The van der Waals surface area contributed by atoms with Crippen molar-refractivity contribution in [3.8, 4) is 0 Å².